The highest BCUT2D eigenvalue weighted by molar-refractivity contribution is 5.70. The largest absolute Gasteiger partial charge is 0.489 e. The van der Waals surface area contributed by atoms with E-state index in [1.165, 1.54) is 5.56 Å². The molecule has 0 fully saturated rings. The van der Waals surface area contributed by atoms with Crippen LogP contribution in [-0.2, 0) is 19.8 Å². The lowest BCUT2D eigenvalue weighted by atomic mass is 9.91. The zero-order valence-corrected chi connectivity index (χ0v) is 18.3. The lowest BCUT2D eigenvalue weighted by molar-refractivity contribution is 0.259. The molecule has 31 heavy (non-hydrogen) atoms. The highest BCUT2D eigenvalue weighted by atomic mass is 16.5. The van der Waals surface area contributed by atoms with Crippen molar-refractivity contribution in [3.05, 3.63) is 88.5 Å². The van der Waals surface area contributed by atoms with Crippen LogP contribution in [0.5, 0.6) is 5.75 Å². The van der Waals surface area contributed by atoms with Gasteiger partial charge in [0.05, 0.1) is 13.2 Å². The van der Waals surface area contributed by atoms with E-state index in [4.69, 9.17) is 4.74 Å². The number of rotatable bonds is 10. The maximum atomic E-state index is 9.50. The molecule has 3 N–H and O–H groups in total. The topological polar surface area (TPSA) is 69.9 Å². The van der Waals surface area contributed by atoms with Gasteiger partial charge in [0.2, 0.25) is 0 Å². The Balaban J connectivity index is 1.77. The van der Waals surface area contributed by atoms with Crippen molar-refractivity contribution >= 4 is 0 Å². The molecule has 0 bridgehead atoms. The van der Waals surface area contributed by atoms with Crippen LogP contribution < -0.4 is 4.74 Å². The summed E-state index contributed by atoms with van der Waals surface area (Å²) in [6, 6.07) is 20.3. The van der Waals surface area contributed by atoms with E-state index < -0.39 is 0 Å². The van der Waals surface area contributed by atoms with Gasteiger partial charge in [-0.3, -0.25) is 0 Å². The fourth-order valence-electron chi connectivity index (χ4n) is 4.01. The fourth-order valence-corrected chi connectivity index (χ4v) is 4.01. The predicted molar refractivity (Wildman–Crippen MR) is 124 cm³/mol. The number of hydrogen-bond acceptors (Lipinski definition) is 4. The first-order valence-corrected chi connectivity index (χ1v) is 10.9. The molecule has 0 amide bonds. The average molecular weight is 421 g/mol. The molecule has 0 radical (unpaired) electrons. The molecule has 0 aliphatic heterocycles. The predicted octanol–water partition coefficient (Wildman–Crippen LogP) is 5.10. The Hall–Kier alpha value is -2.66. The van der Waals surface area contributed by atoms with E-state index in [9.17, 15) is 15.3 Å². The van der Waals surface area contributed by atoms with E-state index in [1.807, 2.05) is 30.3 Å². The molecule has 1 unspecified atom stereocenters. The molecule has 0 aliphatic carbocycles. The number of aliphatic hydroxyl groups is 3. The van der Waals surface area contributed by atoms with E-state index in [1.54, 1.807) is 0 Å². The van der Waals surface area contributed by atoms with Gasteiger partial charge in [-0.25, -0.2) is 0 Å². The van der Waals surface area contributed by atoms with E-state index >= 15 is 0 Å². The molecule has 164 valence electrons. The molecule has 0 heterocycles. The molecule has 3 aromatic rings. The van der Waals surface area contributed by atoms with Crippen LogP contribution in [0.25, 0.3) is 11.1 Å². The third-order valence-corrected chi connectivity index (χ3v) is 5.95. The number of hydrogen-bond donors (Lipinski definition) is 3. The molecule has 0 saturated carbocycles. The van der Waals surface area contributed by atoms with Crippen molar-refractivity contribution in [3.8, 4) is 16.9 Å². The average Bonchev–Trinajstić information content (AvgIpc) is 2.82. The van der Waals surface area contributed by atoms with Gasteiger partial charge in [-0.2, -0.15) is 0 Å². The summed E-state index contributed by atoms with van der Waals surface area (Å²) in [6.07, 6.45) is 1.80. The van der Waals surface area contributed by atoms with Gasteiger partial charge in [-0.15, -0.1) is 0 Å². The van der Waals surface area contributed by atoms with Crippen molar-refractivity contribution in [1.29, 1.82) is 0 Å². The lowest BCUT2D eigenvalue weighted by Crippen LogP contribution is -2.01. The first kappa shape index (κ1) is 23.0. The van der Waals surface area contributed by atoms with Crippen molar-refractivity contribution < 1.29 is 20.1 Å². The summed E-state index contributed by atoms with van der Waals surface area (Å²) in [5.74, 6) is 1.21. The SMILES string of the molecule is CCC(CCO)c1ccc(-c2cccc(OCc3ccc(CO)c(CO)c3)c2C)cc1. The van der Waals surface area contributed by atoms with Crippen LogP contribution in [-0.4, -0.2) is 21.9 Å². The molecule has 0 saturated heterocycles. The smallest absolute Gasteiger partial charge is 0.123 e. The van der Waals surface area contributed by atoms with Crippen LogP contribution in [0, 0.1) is 6.92 Å². The number of benzene rings is 3. The third-order valence-electron chi connectivity index (χ3n) is 5.95. The Labute approximate surface area is 184 Å². The van der Waals surface area contributed by atoms with Gasteiger partial charge in [-0.1, -0.05) is 55.5 Å². The van der Waals surface area contributed by atoms with Gasteiger partial charge in [0.1, 0.15) is 12.4 Å². The minimum absolute atomic E-state index is 0.0873. The maximum Gasteiger partial charge on any atom is 0.123 e. The second-order valence-electron chi connectivity index (χ2n) is 7.88. The van der Waals surface area contributed by atoms with Crippen molar-refractivity contribution in [2.45, 2.75) is 52.4 Å². The molecule has 4 nitrogen and oxygen atoms in total. The van der Waals surface area contributed by atoms with E-state index in [0.29, 0.717) is 12.5 Å². The van der Waals surface area contributed by atoms with Crippen molar-refractivity contribution in [1.82, 2.24) is 0 Å². The minimum atomic E-state index is -0.106. The summed E-state index contributed by atoms with van der Waals surface area (Å²) >= 11 is 0. The third kappa shape index (κ3) is 5.53. The Kier molecular flexibility index (Phi) is 8.24. The lowest BCUT2D eigenvalue weighted by Gasteiger charge is -2.16. The molecule has 4 heteroatoms. The van der Waals surface area contributed by atoms with Crippen molar-refractivity contribution in [2.75, 3.05) is 6.61 Å². The summed E-state index contributed by atoms with van der Waals surface area (Å²) in [6.45, 7) is 4.62. The van der Waals surface area contributed by atoms with Crippen LogP contribution in [0.4, 0.5) is 0 Å². The number of ether oxygens (including phenoxy) is 1. The van der Waals surface area contributed by atoms with Crippen molar-refractivity contribution in [2.24, 2.45) is 0 Å². The Bertz CT molecular complexity index is 979. The highest BCUT2D eigenvalue weighted by Crippen LogP contribution is 2.32. The number of aliphatic hydroxyl groups excluding tert-OH is 3. The van der Waals surface area contributed by atoms with Crippen molar-refractivity contribution in [3.63, 3.8) is 0 Å². The highest BCUT2D eigenvalue weighted by Gasteiger charge is 2.11. The quantitative estimate of drug-likeness (QED) is 0.427. The van der Waals surface area contributed by atoms with Gasteiger partial charge in [0.25, 0.3) is 0 Å². The molecular weight excluding hydrogens is 388 g/mol. The summed E-state index contributed by atoms with van der Waals surface area (Å²) in [7, 11) is 0. The van der Waals surface area contributed by atoms with Gasteiger partial charge < -0.3 is 20.1 Å². The summed E-state index contributed by atoms with van der Waals surface area (Å²) in [4.78, 5) is 0. The maximum absolute atomic E-state index is 9.50. The second-order valence-corrected chi connectivity index (χ2v) is 7.88. The first-order chi connectivity index (χ1) is 15.1. The zero-order valence-electron chi connectivity index (χ0n) is 18.3. The fraction of sp³-hybridized carbons (Fsp3) is 0.333. The zero-order chi connectivity index (χ0) is 22.2. The van der Waals surface area contributed by atoms with E-state index in [2.05, 4.69) is 44.2 Å². The van der Waals surface area contributed by atoms with Gasteiger partial charge in [0, 0.05) is 6.61 Å². The standard InChI is InChI=1S/C27H32O4/c1-3-21(13-14-28)22-9-11-23(12-10-22)26-5-4-6-27(19(26)2)31-18-20-7-8-24(16-29)25(15-20)17-30/h4-12,15,21,28-30H,3,13-14,16-18H2,1-2H3. The van der Waals surface area contributed by atoms with Gasteiger partial charge in [-0.05, 0) is 76.8 Å². The van der Waals surface area contributed by atoms with E-state index in [-0.39, 0.29) is 19.8 Å². The summed E-state index contributed by atoms with van der Waals surface area (Å²) in [5, 5.41) is 28.1. The van der Waals surface area contributed by atoms with Crippen LogP contribution in [0.2, 0.25) is 0 Å². The van der Waals surface area contributed by atoms with Crippen LogP contribution in [0.1, 0.15) is 53.5 Å². The molecule has 3 rings (SSSR count). The Morgan fingerprint density at radius 3 is 2.26 bits per heavy atom. The Morgan fingerprint density at radius 1 is 0.871 bits per heavy atom. The normalized spacial score (nSPS) is 12.0. The van der Waals surface area contributed by atoms with E-state index in [0.717, 1.165) is 52.0 Å². The molecular formula is C27H32O4. The molecule has 0 aliphatic rings. The summed E-state index contributed by atoms with van der Waals surface area (Å²) in [5.41, 5.74) is 7.01. The molecule has 3 aromatic carbocycles. The van der Waals surface area contributed by atoms with Crippen LogP contribution in [0.15, 0.2) is 60.7 Å². The Morgan fingerprint density at radius 2 is 1.61 bits per heavy atom. The summed E-state index contributed by atoms with van der Waals surface area (Å²) < 4.78 is 6.10. The monoisotopic (exact) mass is 420 g/mol. The molecule has 0 spiro atoms. The molecule has 1 atom stereocenters. The minimum Gasteiger partial charge on any atom is -0.489 e. The van der Waals surface area contributed by atoms with Crippen LogP contribution >= 0.6 is 0 Å². The van der Waals surface area contributed by atoms with Gasteiger partial charge >= 0.3 is 0 Å². The van der Waals surface area contributed by atoms with Crippen LogP contribution in [0.3, 0.4) is 0 Å². The first-order valence-electron chi connectivity index (χ1n) is 10.9. The molecule has 0 aromatic heterocycles. The van der Waals surface area contributed by atoms with Gasteiger partial charge in [0.15, 0.2) is 0 Å². The second kappa shape index (κ2) is 11.1.